The van der Waals surface area contributed by atoms with Crippen molar-refractivity contribution in [2.75, 3.05) is 6.54 Å². The lowest BCUT2D eigenvalue weighted by Crippen LogP contribution is -2.32. The number of carbonyl (C=O) groups is 1. The minimum Gasteiger partial charge on any atom is -0.451 e. The maximum atomic E-state index is 13.0. The lowest BCUT2D eigenvalue weighted by Gasteiger charge is -2.23. The van der Waals surface area contributed by atoms with E-state index in [-0.39, 0.29) is 23.1 Å². The van der Waals surface area contributed by atoms with Crippen molar-refractivity contribution in [3.63, 3.8) is 0 Å². The van der Waals surface area contributed by atoms with Gasteiger partial charge in [-0.05, 0) is 31.9 Å². The highest BCUT2D eigenvalue weighted by atomic mass is 16.3. The standard InChI is InChI=1S/C19H19N3O3/c1-12-11-21(2)18(20-12)14-7-5-9-22(14)19(24)17-10-15(23)13-6-3-4-8-16(13)25-17/h3-4,6,8,10-11,14H,5,7,9H2,1-2H3/t14-/m1/s1. The number of carbonyl (C=O) groups excluding carboxylic acids is 1. The topological polar surface area (TPSA) is 68.3 Å². The summed E-state index contributed by atoms with van der Waals surface area (Å²) in [6.45, 7) is 2.57. The monoisotopic (exact) mass is 337 g/mol. The molecule has 1 atom stereocenters. The second-order valence-corrected chi connectivity index (χ2v) is 6.48. The molecule has 3 heterocycles. The molecule has 1 fully saturated rings. The minimum atomic E-state index is -0.258. The first kappa shape index (κ1) is 15.6. The Morgan fingerprint density at radius 1 is 1.32 bits per heavy atom. The van der Waals surface area contributed by atoms with Gasteiger partial charge in [-0.15, -0.1) is 0 Å². The fourth-order valence-corrected chi connectivity index (χ4v) is 3.57. The highest BCUT2D eigenvalue weighted by molar-refractivity contribution is 5.93. The predicted octanol–water partition coefficient (Wildman–Crippen LogP) is 2.81. The molecule has 1 aromatic carbocycles. The van der Waals surface area contributed by atoms with Gasteiger partial charge in [-0.25, -0.2) is 4.98 Å². The highest BCUT2D eigenvalue weighted by Crippen LogP contribution is 2.32. The third-order valence-corrected chi connectivity index (χ3v) is 4.69. The van der Waals surface area contributed by atoms with Gasteiger partial charge in [0.05, 0.1) is 17.1 Å². The van der Waals surface area contributed by atoms with Gasteiger partial charge in [-0.2, -0.15) is 0 Å². The molecule has 6 nitrogen and oxygen atoms in total. The smallest absolute Gasteiger partial charge is 0.290 e. The first-order chi connectivity index (χ1) is 12.0. The first-order valence-corrected chi connectivity index (χ1v) is 8.38. The summed E-state index contributed by atoms with van der Waals surface area (Å²) in [5.74, 6) is 0.694. The van der Waals surface area contributed by atoms with Crippen molar-refractivity contribution in [3.05, 3.63) is 64.0 Å². The Bertz CT molecular complexity index is 1020. The summed E-state index contributed by atoms with van der Waals surface area (Å²) in [5.41, 5.74) is 1.16. The van der Waals surface area contributed by atoms with Gasteiger partial charge >= 0.3 is 0 Å². The molecule has 1 saturated heterocycles. The largest absolute Gasteiger partial charge is 0.451 e. The van der Waals surface area contributed by atoms with E-state index in [0.717, 1.165) is 24.4 Å². The van der Waals surface area contributed by atoms with Crippen molar-refractivity contribution in [3.8, 4) is 0 Å². The van der Waals surface area contributed by atoms with E-state index < -0.39 is 0 Å². The second-order valence-electron chi connectivity index (χ2n) is 6.48. The number of aromatic nitrogens is 2. The average molecular weight is 337 g/mol. The molecule has 0 saturated carbocycles. The van der Waals surface area contributed by atoms with E-state index in [9.17, 15) is 9.59 Å². The van der Waals surface area contributed by atoms with Crippen LogP contribution in [-0.4, -0.2) is 26.9 Å². The van der Waals surface area contributed by atoms with Crippen LogP contribution in [0.4, 0.5) is 0 Å². The Morgan fingerprint density at radius 2 is 2.12 bits per heavy atom. The van der Waals surface area contributed by atoms with Crippen molar-refractivity contribution in [1.29, 1.82) is 0 Å². The van der Waals surface area contributed by atoms with Crippen LogP contribution < -0.4 is 5.43 Å². The van der Waals surface area contributed by atoms with E-state index in [2.05, 4.69) is 4.98 Å². The van der Waals surface area contributed by atoms with Crippen molar-refractivity contribution in [2.45, 2.75) is 25.8 Å². The lowest BCUT2D eigenvalue weighted by atomic mass is 10.2. The van der Waals surface area contributed by atoms with Crippen LogP contribution in [0.25, 0.3) is 11.0 Å². The molecule has 2 aromatic heterocycles. The minimum absolute atomic E-state index is 0.0848. The van der Waals surface area contributed by atoms with E-state index >= 15 is 0 Å². The van der Waals surface area contributed by atoms with Gasteiger partial charge in [0.15, 0.2) is 11.2 Å². The molecule has 6 heteroatoms. The van der Waals surface area contributed by atoms with Crippen molar-refractivity contribution in [2.24, 2.45) is 7.05 Å². The summed E-state index contributed by atoms with van der Waals surface area (Å²) in [7, 11) is 1.94. The molecule has 0 bridgehead atoms. The Morgan fingerprint density at radius 3 is 2.88 bits per heavy atom. The number of amides is 1. The predicted molar refractivity (Wildman–Crippen MR) is 93.4 cm³/mol. The molecule has 25 heavy (non-hydrogen) atoms. The summed E-state index contributed by atoms with van der Waals surface area (Å²) >= 11 is 0. The average Bonchev–Trinajstić information content (AvgIpc) is 3.20. The first-order valence-electron chi connectivity index (χ1n) is 8.38. The Balaban J connectivity index is 1.73. The Kier molecular flexibility index (Phi) is 3.67. The highest BCUT2D eigenvalue weighted by Gasteiger charge is 2.34. The number of para-hydroxylation sites is 1. The van der Waals surface area contributed by atoms with Crippen LogP contribution in [0, 0.1) is 6.92 Å². The lowest BCUT2D eigenvalue weighted by molar-refractivity contribution is 0.0696. The normalized spacial score (nSPS) is 17.4. The summed E-state index contributed by atoms with van der Waals surface area (Å²) in [6, 6.07) is 8.17. The number of nitrogens with zero attached hydrogens (tertiary/aromatic N) is 3. The molecule has 0 spiro atoms. The van der Waals surface area contributed by atoms with Crippen LogP contribution in [0.5, 0.6) is 0 Å². The number of fused-ring (bicyclic) bond motifs is 1. The quantitative estimate of drug-likeness (QED) is 0.721. The zero-order chi connectivity index (χ0) is 17.6. The summed E-state index contributed by atoms with van der Waals surface area (Å²) in [5, 5.41) is 0.483. The molecule has 3 aromatic rings. The van der Waals surface area contributed by atoms with Crippen LogP contribution in [-0.2, 0) is 7.05 Å². The molecule has 0 N–H and O–H groups in total. The fourth-order valence-electron chi connectivity index (χ4n) is 3.57. The van der Waals surface area contributed by atoms with Crippen LogP contribution in [0.1, 0.15) is 41.0 Å². The SMILES string of the molecule is Cc1cn(C)c([C@H]2CCCN2C(=O)c2cc(=O)c3ccccc3o2)n1. The maximum absolute atomic E-state index is 13.0. The number of rotatable bonds is 2. The zero-order valence-electron chi connectivity index (χ0n) is 14.2. The third-order valence-electron chi connectivity index (χ3n) is 4.69. The number of likely N-dealkylation sites (tertiary alicyclic amines) is 1. The summed E-state index contributed by atoms with van der Waals surface area (Å²) in [6.07, 6.45) is 3.71. The number of imidazole rings is 1. The number of hydrogen-bond acceptors (Lipinski definition) is 4. The van der Waals surface area contributed by atoms with Gasteiger partial charge < -0.3 is 13.9 Å². The van der Waals surface area contributed by atoms with E-state index in [1.807, 2.05) is 24.7 Å². The van der Waals surface area contributed by atoms with Gasteiger partial charge in [0, 0.05) is 25.9 Å². The second kappa shape index (κ2) is 5.88. The van der Waals surface area contributed by atoms with Crippen molar-refractivity contribution < 1.29 is 9.21 Å². The molecule has 4 rings (SSSR count). The molecular formula is C19H19N3O3. The van der Waals surface area contributed by atoms with Crippen LogP contribution >= 0.6 is 0 Å². The van der Waals surface area contributed by atoms with Gasteiger partial charge in [0.1, 0.15) is 11.4 Å². The van der Waals surface area contributed by atoms with Gasteiger partial charge in [0.2, 0.25) is 0 Å². The molecule has 1 amide bonds. The van der Waals surface area contributed by atoms with Crippen molar-refractivity contribution >= 4 is 16.9 Å². The van der Waals surface area contributed by atoms with Gasteiger partial charge in [-0.1, -0.05) is 12.1 Å². The number of hydrogen-bond donors (Lipinski definition) is 0. The van der Waals surface area contributed by atoms with Gasteiger partial charge in [-0.3, -0.25) is 9.59 Å². The van der Waals surface area contributed by atoms with E-state index in [1.54, 1.807) is 29.2 Å². The number of benzene rings is 1. The van der Waals surface area contributed by atoms with E-state index in [4.69, 9.17) is 4.42 Å². The Hall–Kier alpha value is -2.89. The van der Waals surface area contributed by atoms with Crippen LogP contribution in [0.2, 0.25) is 0 Å². The van der Waals surface area contributed by atoms with Crippen LogP contribution in [0.3, 0.4) is 0 Å². The van der Waals surface area contributed by atoms with Crippen molar-refractivity contribution in [1.82, 2.24) is 14.5 Å². The molecule has 1 aliphatic rings. The summed E-state index contributed by atoms with van der Waals surface area (Å²) < 4.78 is 7.68. The summed E-state index contributed by atoms with van der Waals surface area (Å²) in [4.78, 5) is 31.6. The Labute approximate surface area is 144 Å². The fraction of sp³-hybridized carbons (Fsp3) is 0.316. The maximum Gasteiger partial charge on any atom is 0.290 e. The molecule has 1 aliphatic heterocycles. The van der Waals surface area contributed by atoms with Crippen LogP contribution in [0.15, 0.2) is 45.7 Å². The molecule has 0 radical (unpaired) electrons. The molecule has 0 aliphatic carbocycles. The third kappa shape index (κ3) is 2.63. The van der Waals surface area contributed by atoms with E-state index in [1.165, 1.54) is 6.07 Å². The van der Waals surface area contributed by atoms with Gasteiger partial charge in [0.25, 0.3) is 5.91 Å². The zero-order valence-corrected chi connectivity index (χ0v) is 14.2. The molecule has 128 valence electrons. The van der Waals surface area contributed by atoms with E-state index in [0.29, 0.717) is 17.5 Å². The number of aryl methyl sites for hydroxylation is 2. The molecular weight excluding hydrogens is 318 g/mol. The molecule has 0 unspecified atom stereocenters.